The van der Waals surface area contributed by atoms with Crippen LogP contribution in [0.25, 0.3) is 0 Å². The lowest BCUT2D eigenvalue weighted by atomic mass is 9.93. The van der Waals surface area contributed by atoms with Gasteiger partial charge in [-0.25, -0.2) is 0 Å². The van der Waals surface area contributed by atoms with E-state index in [2.05, 4.69) is 5.32 Å². The molecule has 0 spiro atoms. The molecule has 0 saturated carbocycles. The minimum Gasteiger partial charge on any atom is -0.307 e. The van der Waals surface area contributed by atoms with Gasteiger partial charge in [0.15, 0.2) is 0 Å². The van der Waals surface area contributed by atoms with Gasteiger partial charge in [0.05, 0.1) is 0 Å². The van der Waals surface area contributed by atoms with Crippen LogP contribution in [0.5, 0.6) is 0 Å². The first-order valence-corrected chi connectivity index (χ1v) is 5.56. The second kappa shape index (κ2) is 4.33. The predicted octanol–water partition coefficient (Wildman–Crippen LogP) is 2.72. The van der Waals surface area contributed by atoms with E-state index in [-0.39, 0.29) is 12.1 Å². The van der Waals surface area contributed by atoms with E-state index in [0.29, 0.717) is 18.6 Å². The van der Waals surface area contributed by atoms with Crippen LogP contribution in [-0.2, 0) is 4.79 Å². The van der Waals surface area contributed by atoms with Gasteiger partial charge in [0.2, 0.25) is 0 Å². The number of piperidine rings is 1. The van der Waals surface area contributed by atoms with Gasteiger partial charge in [-0.2, -0.15) is 0 Å². The van der Waals surface area contributed by atoms with E-state index in [9.17, 15) is 4.79 Å². The van der Waals surface area contributed by atoms with Crippen LogP contribution in [-0.4, -0.2) is 11.8 Å². The number of carbonyl (C=O) groups excluding carboxylic acids is 1. The maximum atomic E-state index is 11.5. The van der Waals surface area contributed by atoms with Crippen molar-refractivity contribution in [1.29, 1.82) is 0 Å². The largest absolute Gasteiger partial charge is 0.307 e. The summed E-state index contributed by atoms with van der Waals surface area (Å²) in [7, 11) is 0. The summed E-state index contributed by atoms with van der Waals surface area (Å²) in [5, 5.41) is 4.13. The molecule has 0 amide bonds. The fourth-order valence-electron chi connectivity index (χ4n) is 2.05. The second-order valence-electron chi connectivity index (χ2n) is 4.12. The molecule has 80 valence electrons. The molecule has 0 bridgehead atoms. The molecule has 1 N–H and O–H groups in total. The first-order chi connectivity index (χ1) is 7.15. The summed E-state index contributed by atoms with van der Waals surface area (Å²) in [6.45, 7) is 2.04. The summed E-state index contributed by atoms with van der Waals surface area (Å²) >= 11 is 5.92. The molecule has 0 aliphatic carbocycles. The zero-order chi connectivity index (χ0) is 10.8. The van der Waals surface area contributed by atoms with E-state index in [1.807, 2.05) is 31.2 Å². The number of hydrogen-bond acceptors (Lipinski definition) is 2. The molecule has 2 atom stereocenters. The molecule has 3 heteroatoms. The lowest BCUT2D eigenvalue weighted by Gasteiger charge is -2.28. The molecule has 1 heterocycles. The van der Waals surface area contributed by atoms with E-state index < -0.39 is 0 Å². The van der Waals surface area contributed by atoms with Gasteiger partial charge in [0.25, 0.3) is 0 Å². The van der Waals surface area contributed by atoms with Crippen molar-refractivity contribution in [2.45, 2.75) is 31.8 Å². The zero-order valence-corrected chi connectivity index (χ0v) is 9.42. The molecule has 1 saturated heterocycles. The molecule has 1 aromatic rings. The number of carbonyl (C=O) groups is 1. The number of hydrogen-bond donors (Lipinski definition) is 1. The molecule has 15 heavy (non-hydrogen) atoms. The average molecular weight is 224 g/mol. The molecule has 1 aliphatic rings. The summed E-state index contributed by atoms with van der Waals surface area (Å²) in [5.74, 6) is 0.325. The number of rotatable bonds is 1. The van der Waals surface area contributed by atoms with Gasteiger partial charge < -0.3 is 5.32 Å². The Morgan fingerprint density at radius 1 is 1.40 bits per heavy atom. The Hall–Kier alpha value is -0.860. The Labute approximate surface area is 94.6 Å². The molecule has 2 rings (SSSR count). The maximum absolute atomic E-state index is 11.5. The van der Waals surface area contributed by atoms with Crippen LogP contribution in [0.4, 0.5) is 0 Å². The van der Waals surface area contributed by atoms with Gasteiger partial charge >= 0.3 is 0 Å². The van der Waals surface area contributed by atoms with Crippen molar-refractivity contribution >= 4 is 17.4 Å². The first-order valence-electron chi connectivity index (χ1n) is 5.18. The van der Waals surface area contributed by atoms with Crippen LogP contribution in [0, 0.1) is 0 Å². The van der Waals surface area contributed by atoms with Crippen molar-refractivity contribution in [2.24, 2.45) is 0 Å². The van der Waals surface area contributed by atoms with Crippen LogP contribution in [0.1, 0.15) is 31.4 Å². The number of halogens is 1. The Bertz CT molecular complexity index is 378. The average Bonchev–Trinajstić information content (AvgIpc) is 2.16. The zero-order valence-electron chi connectivity index (χ0n) is 8.66. The van der Waals surface area contributed by atoms with E-state index in [4.69, 9.17) is 11.6 Å². The highest BCUT2D eigenvalue weighted by molar-refractivity contribution is 6.30. The first kappa shape index (κ1) is 10.7. The smallest absolute Gasteiger partial charge is 0.136 e. The van der Waals surface area contributed by atoms with Crippen molar-refractivity contribution in [3.05, 3.63) is 34.9 Å². The van der Waals surface area contributed by atoms with E-state index in [0.717, 1.165) is 10.6 Å². The quantitative estimate of drug-likeness (QED) is 0.793. The van der Waals surface area contributed by atoms with Gasteiger partial charge in [0, 0.05) is 29.9 Å². The molecule has 1 aromatic carbocycles. The monoisotopic (exact) mass is 223 g/mol. The van der Waals surface area contributed by atoms with Crippen molar-refractivity contribution in [1.82, 2.24) is 5.32 Å². The minimum atomic E-state index is 0.125. The molecule has 1 aliphatic heterocycles. The van der Waals surface area contributed by atoms with Gasteiger partial charge in [-0.1, -0.05) is 23.7 Å². The molecular weight excluding hydrogens is 210 g/mol. The molecule has 0 radical (unpaired) electrons. The summed E-state index contributed by atoms with van der Waals surface area (Å²) < 4.78 is 0. The fourth-order valence-corrected chi connectivity index (χ4v) is 2.25. The molecule has 0 aromatic heterocycles. The summed E-state index contributed by atoms with van der Waals surface area (Å²) in [4.78, 5) is 11.5. The van der Waals surface area contributed by atoms with Crippen molar-refractivity contribution in [3.8, 4) is 0 Å². The Morgan fingerprint density at radius 3 is 2.87 bits per heavy atom. The SMILES string of the molecule is C[C@H]1CC(=O)C[C@@H](c2cccc(Cl)c2)N1. The van der Waals surface area contributed by atoms with Crippen molar-refractivity contribution in [3.63, 3.8) is 0 Å². The van der Waals surface area contributed by atoms with E-state index in [1.165, 1.54) is 0 Å². The van der Waals surface area contributed by atoms with Gasteiger partial charge in [-0.15, -0.1) is 0 Å². The number of ketones is 1. The topological polar surface area (TPSA) is 29.1 Å². The molecule has 1 fully saturated rings. The molecule has 2 nitrogen and oxygen atoms in total. The van der Waals surface area contributed by atoms with E-state index in [1.54, 1.807) is 0 Å². The lowest BCUT2D eigenvalue weighted by Crippen LogP contribution is -2.38. The standard InChI is InChI=1S/C12H14ClNO/c1-8-5-11(15)7-12(14-8)9-3-2-4-10(13)6-9/h2-4,6,8,12,14H,5,7H2,1H3/t8-,12-/m0/s1. The van der Waals surface area contributed by atoms with E-state index >= 15 is 0 Å². The summed E-state index contributed by atoms with van der Waals surface area (Å²) in [5.41, 5.74) is 1.10. The fraction of sp³-hybridized carbons (Fsp3) is 0.417. The van der Waals surface area contributed by atoms with Crippen molar-refractivity contribution < 1.29 is 4.79 Å². The third-order valence-electron chi connectivity index (χ3n) is 2.70. The van der Waals surface area contributed by atoms with Crippen LogP contribution in [0.3, 0.4) is 0 Å². The molecular formula is C12H14ClNO. The summed E-state index contributed by atoms with van der Waals surface area (Å²) in [6.07, 6.45) is 1.21. The number of benzene rings is 1. The highest BCUT2D eigenvalue weighted by Gasteiger charge is 2.24. The van der Waals surface area contributed by atoms with Crippen LogP contribution in [0.15, 0.2) is 24.3 Å². The Balaban J connectivity index is 2.19. The Morgan fingerprint density at radius 2 is 2.20 bits per heavy atom. The minimum absolute atomic E-state index is 0.125. The Kier molecular flexibility index (Phi) is 3.08. The van der Waals surface area contributed by atoms with Gasteiger partial charge in [-0.3, -0.25) is 4.79 Å². The lowest BCUT2D eigenvalue weighted by molar-refractivity contribution is -0.121. The highest BCUT2D eigenvalue weighted by atomic mass is 35.5. The third-order valence-corrected chi connectivity index (χ3v) is 2.94. The third kappa shape index (κ3) is 2.58. The van der Waals surface area contributed by atoms with Crippen LogP contribution in [0.2, 0.25) is 5.02 Å². The number of Topliss-reactive ketones (excluding diaryl/α,β-unsaturated/α-hetero) is 1. The van der Waals surface area contributed by atoms with Gasteiger partial charge in [0.1, 0.15) is 5.78 Å². The van der Waals surface area contributed by atoms with Crippen molar-refractivity contribution in [2.75, 3.05) is 0 Å². The summed E-state index contributed by atoms with van der Waals surface area (Å²) in [6, 6.07) is 8.08. The highest BCUT2D eigenvalue weighted by Crippen LogP contribution is 2.25. The van der Waals surface area contributed by atoms with Gasteiger partial charge in [-0.05, 0) is 24.6 Å². The predicted molar refractivity (Wildman–Crippen MR) is 61.0 cm³/mol. The number of nitrogens with one attached hydrogen (secondary N) is 1. The van der Waals surface area contributed by atoms with Crippen LogP contribution < -0.4 is 5.32 Å². The normalized spacial score (nSPS) is 26.7. The second-order valence-corrected chi connectivity index (χ2v) is 4.56. The maximum Gasteiger partial charge on any atom is 0.136 e. The molecule has 0 unspecified atom stereocenters. The van der Waals surface area contributed by atoms with Crippen LogP contribution >= 0.6 is 11.6 Å².